The standard InChI is InChI=1S/C22H26O4/c1-4-5-21(23)26-20-12-10-18(11-13-20)17-6-8-19(9-7-17)22(24)25-15-14-16(2)3/h6-13,16H,4-5,14-15H2,1-3H3. The first-order valence-electron chi connectivity index (χ1n) is 9.08. The summed E-state index contributed by atoms with van der Waals surface area (Å²) in [5.74, 6) is 0.530. The SMILES string of the molecule is CCCC(=O)Oc1ccc(-c2ccc(C(=O)OCCC(C)C)cc2)cc1. The summed E-state index contributed by atoms with van der Waals surface area (Å²) in [4.78, 5) is 23.5. The molecule has 0 aliphatic heterocycles. The number of carbonyl (C=O) groups is 2. The summed E-state index contributed by atoms with van der Waals surface area (Å²) in [7, 11) is 0. The van der Waals surface area contributed by atoms with Crippen LogP contribution in [0.4, 0.5) is 0 Å². The first kappa shape index (κ1) is 19.7. The minimum absolute atomic E-state index is 0.222. The van der Waals surface area contributed by atoms with Crippen LogP contribution >= 0.6 is 0 Å². The zero-order valence-electron chi connectivity index (χ0n) is 15.7. The van der Waals surface area contributed by atoms with Gasteiger partial charge in [0.05, 0.1) is 12.2 Å². The van der Waals surface area contributed by atoms with Crippen molar-refractivity contribution in [3.63, 3.8) is 0 Å². The summed E-state index contributed by atoms with van der Waals surface area (Å²) in [6, 6.07) is 14.6. The Labute approximate surface area is 155 Å². The highest BCUT2D eigenvalue weighted by molar-refractivity contribution is 5.90. The Hall–Kier alpha value is -2.62. The third-order valence-electron chi connectivity index (χ3n) is 3.92. The van der Waals surface area contributed by atoms with Crippen LogP contribution in [-0.4, -0.2) is 18.5 Å². The van der Waals surface area contributed by atoms with E-state index in [0.29, 0.717) is 30.3 Å². The maximum Gasteiger partial charge on any atom is 0.338 e. The van der Waals surface area contributed by atoms with Gasteiger partial charge in [-0.15, -0.1) is 0 Å². The van der Waals surface area contributed by atoms with Crippen LogP contribution in [0.2, 0.25) is 0 Å². The molecule has 0 bridgehead atoms. The quantitative estimate of drug-likeness (QED) is 0.479. The van der Waals surface area contributed by atoms with Gasteiger partial charge in [0.25, 0.3) is 0 Å². The molecular weight excluding hydrogens is 328 g/mol. The van der Waals surface area contributed by atoms with Gasteiger partial charge in [0.1, 0.15) is 5.75 Å². The van der Waals surface area contributed by atoms with E-state index in [1.165, 1.54) is 0 Å². The second-order valence-corrected chi connectivity index (χ2v) is 6.64. The molecule has 0 spiro atoms. The molecule has 0 amide bonds. The third kappa shape index (κ3) is 6.03. The van der Waals surface area contributed by atoms with E-state index >= 15 is 0 Å². The lowest BCUT2D eigenvalue weighted by molar-refractivity contribution is -0.134. The van der Waals surface area contributed by atoms with Crippen LogP contribution in [-0.2, 0) is 9.53 Å². The van der Waals surface area contributed by atoms with Gasteiger partial charge in [-0.2, -0.15) is 0 Å². The first-order chi connectivity index (χ1) is 12.5. The molecule has 0 aliphatic carbocycles. The van der Waals surface area contributed by atoms with Crippen molar-refractivity contribution in [3.05, 3.63) is 54.1 Å². The topological polar surface area (TPSA) is 52.6 Å². The molecule has 2 aromatic rings. The van der Waals surface area contributed by atoms with Crippen molar-refractivity contribution in [2.24, 2.45) is 5.92 Å². The summed E-state index contributed by atoms with van der Waals surface area (Å²) in [6.45, 7) is 6.57. The summed E-state index contributed by atoms with van der Waals surface area (Å²) >= 11 is 0. The second kappa shape index (κ2) is 9.76. The van der Waals surface area contributed by atoms with E-state index in [1.54, 1.807) is 24.3 Å². The van der Waals surface area contributed by atoms with Gasteiger partial charge in [-0.05, 0) is 54.2 Å². The Morgan fingerprint density at radius 2 is 1.50 bits per heavy atom. The number of carbonyl (C=O) groups excluding carboxylic acids is 2. The average molecular weight is 354 g/mol. The molecule has 4 nitrogen and oxygen atoms in total. The summed E-state index contributed by atoms with van der Waals surface area (Å²) < 4.78 is 10.5. The lowest BCUT2D eigenvalue weighted by Gasteiger charge is -2.08. The Bertz CT molecular complexity index is 715. The molecule has 0 saturated heterocycles. The van der Waals surface area contributed by atoms with Gasteiger partial charge in [0.15, 0.2) is 0 Å². The van der Waals surface area contributed by atoms with Crippen molar-refractivity contribution in [2.75, 3.05) is 6.61 Å². The van der Waals surface area contributed by atoms with E-state index in [1.807, 2.05) is 31.2 Å². The van der Waals surface area contributed by atoms with Gasteiger partial charge in [-0.3, -0.25) is 4.79 Å². The summed E-state index contributed by atoms with van der Waals surface area (Å²) in [5, 5.41) is 0. The molecule has 2 rings (SSSR count). The van der Waals surface area contributed by atoms with Gasteiger partial charge < -0.3 is 9.47 Å². The normalized spacial score (nSPS) is 10.6. The largest absolute Gasteiger partial charge is 0.462 e. The molecule has 138 valence electrons. The molecule has 0 radical (unpaired) electrons. The smallest absolute Gasteiger partial charge is 0.338 e. The zero-order valence-corrected chi connectivity index (χ0v) is 15.7. The average Bonchev–Trinajstić information content (AvgIpc) is 2.62. The molecule has 2 aromatic carbocycles. The van der Waals surface area contributed by atoms with E-state index in [4.69, 9.17) is 9.47 Å². The van der Waals surface area contributed by atoms with Crippen molar-refractivity contribution in [2.45, 2.75) is 40.0 Å². The van der Waals surface area contributed by atoms with Crippen molar-refractivity contribution in [3.8, 4) is 16.9 Å². The van der Waals surface area contributed by atoms with Gasteiger partial charge in [0.2, 0.25) is 0 Å². The molecular formula is C22H26O4. The fourth-order valence-electron chi connectivity index (χ4n) is 2.37. The first-order valence-corrected chi connectivity index (χ1v) is 9.08. The van der Waals surface area contributed by atoms with Crippen LogP contribution < -0.4 is 4.74 Å². The van der Waals surface area contributed by atoms with Crippen molar-refractivity contribution >= 4 is 11.9 Å². The van der Waals surface area contributed by atoms with Gasteiger partial charge in [-0.25, -0.2) is 4.79 Å². The second-order valence-electron chi connectivity index (χ2n) is 6.64. The maximum atomic E-state index is 12.0. The van der Waals surface area contributed by atoms with E-state index < -0.39 is 0 Å². The Morgan fingerprint density at radius 3 is 2.04 bits per heavy atom. The number of hydrogen-bond acceptors (Lipinski definition) is 4. The highest BCUT2D eigenvalue weighted by atomic mass is 16.5. The highest BCUT2D eigenvalue weighted by Crippen LogP contribution is 2.23. The molecule has 0 unspecified atom stereocenters. The zero-order chi connectivity index (χ0) is 18.9. The fourth-order valence-corrected chi connectivity index (χ4v) is 2.37. The number of rotatable bonds is 8. The van der Waals surface area contributed by atoms with Crippen LogP contribution in [0.5, 0.6) is 5.75 Å². The molecule has 4 heteroatoms. The number of ether oxygens (including phenoxy) is 2. The Balaban J connectivity index is 1.97. The Morgan fingerprint density at radius 1 is 0.923 bits per heavy atom. The lowest BCUT2D eigenvalue weighted by Crippen LogP contribution is -2.08. The summed E-state index contributed by atoms with van der Waals surface area (Å²) in [5.41, 5.74) is 2.51. The molecule has 0 saturated carbocycles. The molecule has 0 atom stereocenters. The lowest BCUT2D eigenvalue weighted by atomic mass is 10.0. The highest BCUT2D eigenvalue weighted by Gasteiger charge is 2.08. The van der Waals surface area contributed by atoms with Crippen LogP contribution in [0.3, 0.4) is 0 Å². The predicted octanol–water partition coefficient (Wildman–Crippen LogP) is 5.26. The van der Waals surface area contributed by atoms with Gasteiger partial charge >= 0.3 is 11.9 Å². The minimum Gasteiger partial charge on any atom is -0.462 e. The van der Waals surface area contributed by atoms with E-state index in [9.17, 15) is 9.59 Å². The van der Waals surface area contributed by atoms with E-state index in [2.05, 4.69) is 13.8 Å². The molecule has 26 heavy (non-hydrogen) atoms. The number of esters is 2. The molecule has 0 aromatic heterocycles. The van der Waals surface area contributed by atoms with Crippen LogP contribution in [0.1, 0.15) is 50.4 Å². The number of benzene rings is 2. The van der Waals surface area contributed by atoms with Crippen LogP contribution in [0.25, 0.3) is 11.1 Å². The Kier molecular flexibility index (Phi) is 7.39. The van der Waals surface area contributed by atoms with E-state index in [0.717, 1.165) is 24.0 Å². The molecule has 0 N–H and O–H groups in total. The van der Waals surface area contributed by atoms with Crippen molar-refractivity contribution < 1.29 is 19.1 Å². The predicted molar refractivity (Wildman–Crippen MR) is 102 cm³/mol. The monoisotopic (exact) mass is 354 g/mol. The van der Waals surface area contributed by atoms with Gasteiger partial charge in [0, 0.05) is 6.42 Å². The molecule has 0 heterocycles. The fraction of sp³-hybridized carbons (Fsp3) is 0.364. The van der Waals surface area contributed by atoms with Crippen LogP contribution in [0, 0.1) is 5.92 Å². The van der Waals surface area contributed by atoms with Crippen molar-refractivity contribution in [1.82, 2.24) is 0 Å². The minimum atomic E-state index is -0.296. The number of hydrogen-bond donors (Lipinski definition) is 0. The molecule has 0 aliphatic rings. The molecule has 0 fully saturated rings. The van der Waals surface area contributed by atoms with E-state index in [-0.39, 0.29) is 11.9 Å². The maximum absolute atomic E-state index is 12.0. The van der Waals surface area contributed by atoms with Gasteiger partial charge in [-0.1, -0.05) is 45.0 Å². The van der Waals surface area contributed by atoms with Crippen molar-refractivity contribution in [1.29, 1.82) is 0 Å². The van der Waals surface area contributed by atoms with Crippen LogP contribution in [0.15, 0.2) is 48.5 Å². The third-order valence-corrected chi connectivity index (χ3v) is 3.92. The summed E-state index contributed by atoms with van der Waals surface area (Å²) in [6.07, 6.45) is 2.04.